The van der Waals surface area contributed by atoms with Crippen molar-refractivity contribution < 1.29 is 14.3 Å². The molecule has 2 rings (SSSR count). The normalized spacial score (nSPS) is 10.8. The first-order chi connectivity index (χ1) is 12.7. The lowest BCUT2D eigenvalue weighted by Crippen LogP contribution is -2.32. The highest BCUT2D eigenvalue weighted by atomic mass is 16.6. The zero-order valence-electron chi connectivity index (χ0n) is 16.3. The Balaban J connectivity index is 1.85. The Kier molecular flexibility index (Phi) is 6.82. The predicted molar refractivity (Wildman–Crippen MR) is 107 cm³/mol. The van der Waals surface area contributed by atoms with E-state index in [1.165, 1.54) is 0 Å². The second-order valence-corrected chi connectivity index (χ2v) is 7.29. The summed E-state index contributed by atoms with van der Waals surface area (Å²) < 4.78 is 5.21. The molecule has 0 atom stereocenters. The molecule has 0 fully saturated rings. The van der Waals surface area contributed by atoms with Crippen LogP contribution in [0.2, 0.25) is 0 Å². The molecule has 144 valence electrons. The third-order valence-electron chi connectivity index (χ3n) is 3.72. The lowest BCUT2D eigenvalue weighted by atomic mass is 10.1. The first-order valence-corrected chi connectivity index (χ1v) is 8.88. The van der Waals surface area contributed by atoms with E-state index in [0.29, 0.717) is 18.8 Å². The number of aryl methyl sites for hydroxylation is 1. The fourth-order valence-corrected chi connectivity index (χ4v) is 2.41. The Morgan fingerprint density at radius 2 is 1.70 bits per heavy atom. The van der Waals surface area contributed by atoms with E-state index in [1.54, 1.807) is 6.07 Å². The van der Waals surface area contributed by atoms with Gasteiger partial charge in [-0.25, -0.2) is 9.59 Å². The molecule has 0 bridgehead atoms. The van der Waals surface area contributed by atoms with Crippen LogP contribution < -0.4 is 16.0 Å². The van der Waals surface area contributed by atoms with Crippen LogP contribution in [0.1, 0.15) is 37.5 Å². The lowest BCUT2D eigenvalue weighted by Gasteiger charge is -2.19. The van der Waals surface area contributed by atoms with Crippen LogP contribution in [-0.2, 0) is 17.8 Å². The summed E-state index contributed by atoms with van der Waals surface area (Å²) in [5, 5.41) is 8.35. The van der Waals surface area contributed by atoms with Crippen molar-refractivity contribution in [2.45, 2.75) is 46.4 Å². The average molecular weight is 369 g/mol. The Bertz CT molecular complexity index is 797. The number of alkyl carbamates (subject to hydrolysis) is 1. The van der Waals surface area contributed by atoms with Gasteiger partial charge in [-0.15, -0.1) is 0 Å². The maximum absolute atomic E-state index is 12.1. The Morgan fingerprint density at radius 1 is 0.963 bits per heavy atom. The number of carbonyl (C=O) groups is 2. The average Bonchev–Trinajstić information content (AvgIpc) is 2.58. The van der Waals surface area contributed by atoms with Crippen LogP contribution in [0.3, 0.4) is 0 Å². The third-order valence-corrected chi connectivity index (χ3v) is 3.72. The minimum Gasteiger partial charge on any atom is -0.444 e. The number of nitrogens with one attached hydrogen (secondary N) is 3. The van der Waals surface area contributed by atoms with Gasteiger partial charge in [-0.1, -0.05) is 36.4 Å². The molecule has 0 radical (unpaired) electrons. The molecule has 0 aliphatic rings. The summed E-state index contributed by atoms with van der Waals surface area (Å²) >= 11 is 0. The second kappa shape index (κ2) is 9.07. The van der Waals surface area contributed by atoms with Crippen molar-refractivity contribution in [1.82, 2.24) is 10.6 Å². The number of amides is 3. The zero-order chi connectivity index (χ0) is 19.9. The Hall–Kier alpha value is -3.02. The van der Waals surface area contributed by atoms with Crippen LogP contribution in [0.15, 0.2) is 48.5 Å². The van der Waals surface area contributed by atoms with E-state index in [9.17, 15) is 9.59 Å². The molecule has 0 unspecified atom stereocenters. The number of hydrogen-bond acceptors (Lipinski definition) is 3. The van der Waals surface area contributed by atoms with Crippen LogP contribution >= 0.6 is 0 Å². The van der Waals surface area contributed by atoms with E-state index in [2.05, 4.69) is 16.0 Å². The molecule has 0 aliphatic heterocycles. The number of urea groups is 1. The number of carbonyl (C=O) groups excluding carboxylic acids is 2. The minimum atomic E-state index is -0.539. The molecule has 6 nitrogen and oxygen atoms in total. The first kappa shape index (κ1) is 20.3. The SMILES string of the molecule is Cc1ccccc1CNC(=O)Nc1cccc(CNC(=O)OC(C)(C)C)c1. The smallest absolute Gasteiger partial charge is 0.407 e. The first-order valence-electron chi connectivity index (χ1n) is 8.88. The number of rotatable bonds is 5. The van der Waals surface area contributed by atoms with Gasteiger partial charge < -0.3 is 20.7 Å². The summed E-state index contributed by atoms with van der Waals surface area (Å²) in [6.07, 6.45) is -0.475. The summed E-state index contributed by atoms with van der Waals surface area (Å²) in [6, 6.07) is 14.9. The number of hydrogen-bond donors (Lipinski definition) is 3. The van der Waals surface area contributed by atoms with Crippen LogP contribution in [-0.4, -0.2) is 17.7 Å². The molecule has 3 amide bonds. The van der Waals surface area contributed by atoms with Crippen LogP contribution in [0.4, 0.5) is 15.3 Å². The largest absolute Gasteiger partial charge is 0.444 e. The second-order valence-electron chi connectivity index (χ2n) is 7.29. The zero-order valence-corrected chi connectivity index (χ0v) is 16.3. The highest BCUT2D eigenvalue weighted by Gasteiger charge is 2.15. The third kappa shape index (κ3) is 7.40. The van der Waals surface area contributed by atoms with Crippen molar-refractivity contribution in [2.24, 2.45) is 0 Å². The Morgan fingerprint density at radius 3 is 2.41 bits per heavy atom. The fourth-order valence-electron chi connectivity index (χ4n) is 2.41. The number of benzene rings is 2. The van der Waals surface area contributed by atoms with Crippen molar-refractivity contribution in [3.63, 3.8) is 0 Å². The van der Waals surface area contributed by atoms with E-state index in [1.807, 2.05) is 70.2 Å². The fraction of sp³-hybridized carbons (Fsp3) is 0.333. The maximum atomic E-state index is 12.1. The summed E-state index contributed by atoms with van der Waals surface area (Å²) in [5.74, 6) is 0. The molecule has 0 aromatic heterocycles. The highest BCUT2D eigenvalue weighted by molar-refractivity contribution is 5.89. The van der Waals surface area contributed by atoms with E-state index >= 15 is 0 Å². The molecule has 27 heavy (non-hydrogen) atoms. The molecule has 0 aliphatic carbocycles. The van der Waals surface area contributed by atoms with Gasteiger partial charge in [0.1, 0.15) is 5.60 Å². The van der Waals surface area contributed by atoms with E-state index in [4.69, 9.17) is 4.74 Å². The number of ether oxygens (including phenoxy) is 1. The van der Waals surface area contributed by atoms with Gasteiger partial charge in [0.05, 0.1) is 0 Å². The van der Waals surface area contributed by atoms with Gasteiger partial charge >= 0.3 is 12.1 Å². The van der Waals surface area contributed by atoms with Gasteiger partial charge in [-0.2, -0.15) is 0 Å². The maximum Gasteiger partial charge on any atom is 0.407 e. The molecular formula is C21H27N3O3. The van der Waals surface area contributed by atoms with Crippen molar-refractivity contribution in [3.8, 4) is 0 Å². The monoisotopic (exact) mass is 369 g/mol. The van der Waals surface area contributed by atoms with Crippen molar-refractivity contribution in [3.05, 3.63) is 65.2 Å². The van der Waals surface area contributed by atoms with Gasteiger partial charge in [0.15, 0.2) is 0 Å². The van der Waals surface area contributed by atoms with Gasteiger partial charge in [-0.05, 0) is 56.5 Å². The minimum absolute atomic E-state index is 0.282. The van der Waals surface area contributed by atoms with Gasteiger partial charge in [0.25, 0.3) is 0 Å². The van der Waals surface area contributed by atoms with Crippen molar-refractivity contribution >= 4 is 17.8 Å². The summed E-state index contributed by atoms with van der Waals surface area (Å²) in [6.45, 7) is 8.22. The molecule has 2 aromatic rings. The summed E-state index contributed by atoms with van der Waals surface area (Å²) in [5.41, 5.74) is 3.18. The van der Waals surface area contributed by atoms with Gasteiger partial charge in [0, 0.05) is 18.8 Å². The standard InChI is InChI=1S/C21H27N3O3/c1-15-8-5-6-10-17(15)14-22-19(25)24-18-11-7-9-16(12-18)13-23-20(26)27-21(2,3)4/h5-12H,13-14H2,1-4H3,(H,23,26)(H2,22,24,25). The summed E-state index contributed by atoms with van der Waals surface area (Å²) in [7, 11) is 0. The van der Waals surface area contributed by atoms with E-state index in [-0.39, 0.29) is 6.03 Å². The summed E-state index contributed by atoms with van der Waals surface area (Å²) in [4.78, 5) is 23.8. The molecule has 0 heterocycles. The molecule has 0 saturated heterocycles. The molecule has 0 saturated carbocycles. The van der Waals surface area contributed by atoms with Crippen molar-refractivity contribution in [1.29, 1.82) is 0 Å². The topological polar surface area (TPSA) is 79.5 Å². The Labute approximate surface area is 160 Å². The van der Waals surface area contributed by atoms with Crippen LogP contribution in [0.25, 0.3) is 0 Å². The molecule has 3 N–H and O–H groups in total. The van der Waals surface area contributed by atoms with Crippen LogP contribution in [0, 0.1) is 6.92 Å². The molecular weight excluding hydrogens is 342 g/mol. The van der Waals surface area contributed by atoms with Gasteiger partial charge in [-0.3, -0.25) is 0 Å². The lowest BCUT2D eigenvalue weighted by molar-refractivity contribution is 0.0523. The quantitative estimate of drug-likeness (QED) is 0.733. The molecule has 2 aromatic carbocycles. The molecule has 6 heteroatoms. The van der Waals surface area contributed by atoms with Crippen molar-refractivity contribution in [2.75, 3.05) is 5.32 Å². The predicted octanol–water partition coefficient (Wildman–Crippen LogP) is 4.34. The van der Waals surface area contributed by atoms with Crippen LogP contribution in [0.5, 0.6) is 0 Å². The van der Waals surface area contributed by atoms with Gasteiger partial charge in [0.2, 0.25) is 0 Å². The van der Waals surface area contributed by atoms with E-state index in [0.717, 1.165) is 16.7 Å². The van der Waals surface area contributed by atoms with E-state index < -0.39 is 11.7 Å². The molecule has 0 spiro atoms. The number of anilines is 1. The highest BCUT2D eigenvalue weighted by Crippen LogP contribution is 2.12.